The lowest BCUT2D eigenvalue weighted by molar-refractivity contribution is -0.120. The number of hydrogen-bond donors (Lipinski definition) is 1. The van der Waals surface area contributed by atoms with Crippen LogP contribution in [-0.4, -0.2) is 25.1 Å². The standard InChI is InChI=1S/C6H10ClNO2/c1-2-3-10-5-8-6(9)4-7/h2H,1,3-5H2,(H,8,9). The normalized spacial score (nSPS) is 8.90. The first-order chi connectivity index (χ1) is 4.81. The Kier molecular flexibility index (Phi) is 6.22. The molecule has 1 amide bonds. The average Bonchev–Trinajstić information content (AvgIpc) is 1.98. The first kappa shape index (κ1) is 9.46. The smallest absolute Gasteiger partial charge is 0.236 e. The third kappa shape index (κ3) is 5.59. The van der Waals surface area contributed by atoms with Crippen molar-refractivity contribution in [2.24, 2.45) is 0 Å². The average molecular weight is 164 g/mol. The van der Waals surface area contributed by atoms with E-state index in [-0.39, 0.29) is 18.5 Å². The summed E-state index contributed by atoms with van der Waals surface area (Å²) in [6, 6.07) is 0. The highest BCUT2D eigenvalue weighted by Crippen LogP contribution is 1.75. The molecule has 0 atom stereocenters. The number of carbonyl (C=O) groups excluding carboxylic acids is 1. The molecule has 0 saturated carbocycles. The van der Waals surface area contributed by atoms with Gasteiger partial charge in [-0.2, -0.15) is 0 Å². The van der Waals surface area contributed by atoms with Gasteiger partial charge in [-0.25, -0.2) is 0 Å². The van der Waals surface area contributed by atoms with Crippen LogP contribution in [0.4, 0.5) is 0 Å². The van der Waals surface area contributed by atoms with Gasteiger partial charge >= 0.3 is 0 Å². The summed E-state index contributed by atoms with van der Waals surface area (Å²) in [7, 11) is 0. The highest BCUT2D eigenvalue weighted by molar-refractivity contribution is 6.27. The van der Waals surface area contributed by atoms with Crippen LogP contribution in [0.15, 0.2) is 12.7 Å². The van der Waals surface area contributed by atoms with Crippen LogP contribution in [0, 0.1) is 0 Å². The van der Waals surface area contributed by atoms with Crippen molar-refractivity contribution in [3.05, 3.63) is 12.7 Å². The van der Waals surface area contributed by atoms with Gasteiger partial charge in [-0.05, 0) is 0 Å². The van der Waals surface area contributed by atoms with Crippen molar-refractivity contribution in [3.8, 4) is 0 Å². The lowest BCUT2D eigenvalue weighted by Gasteiger charge is -2.00. The third-order valence-electron chi connectivity index (χ3n) is 0.728. The quantitative estimate of drug-likeness (QED) is 0.278. The fourth-order valence-electron chi connectivity index (χ4n) is 0.321. The first-order valence-electron chi connectivity index (χ1n) is 2.82. The second-order valence-electron chi connectivity index (χ2n) is 1.54. The molecule has 0 bridgehead atoms. The number of nitrogens with one attached hydrogen (secondary N) is 1. The van der Waals surface area contributed by atoms with E-state index in [1.165, 1.54) is 0 Å². The molecule has 0 aliphatic carbocycles. The molecule has 0 unspecified atom stereocenters. The summed E-state index contributed by atoms with van der Waals surface area (Å²) in [4.78, 5) is 10.4. The van der Waals surface area contributed by atoms with E-state index in [2.05, 4.69) is 11.9 Å². The molecule has 0 aromatic carbocycles. The van der Waals surface area contributed by atoms with Gasteiger partial charge in [0.15, 0.2) is 0 Å². The second-order valence-corrected chi connectivity index (χ2v) is 1.80. The Bertz CT molecular complexity index is 116. The molecule has 0 fully saturated rings. The van der Waals surface area contributed by atoms with Crippen molar-refractivity contribution in [2.75, 3.05) is 19.2 Å². The molecule has 0 aliphatic rings. The lowest BCUT2D eigenvalue weighted by atomic mass is 10.7. The molecule has 0 aromatic rings. The van der Waals surface area contributed by atoms with Gasteiger partial charge < -0.3 is 10.1 Å². The molecule has 0 aromatic heterocycles. The number of halogens is 1. The van der Waals surface area contributed by atoms with Gasteiger partial charge in [0.25, 0.3) is 0 Å². The van der Waals surface area contributed by atoms with Gasteiger partial charge in [-0.3, -0.25) is 4.79 Å². The van der Waals surface area contributed by atoms with Crippen LogP contribution in [-0.2, 0) is 9.53 Å². The zero-order valence-electron chi connectivity index (χ0n) is 5.60. The molecule has 0 spiro atoms. The molecule has 1 N–H and O–H groups in total. The van der Waals surface area contributed by atoms with Crippen molar-refractivity contribution in [1.29, 1.82) is 0 Å². The molecule has 0 aliphatic heterocycles. The maximum atomic E-state index is 10.4. The summed E-state index contributed by atoms with van der Waals surface area (Å²) in [5.41, 5.74) is 0. The van der Waals surface area contributed by atoms with Crippen LogP contribution in [0.25, 0.3) is 0 Å². The summed E-state index contributed by atoms with van der Waals surface area (Å²) in [6.07, 6.45) is 1.60. The van der Waals surface area contributed by atoms with Crippen molar-refractivity contribution >= 4 is 17.5 Å². The van der Waals surface area contributed by atoms with Gasteiger partial charge in [-0.15, -0.1) is 18.2 Å². The molecule has 3 nitrogen and oxygen atoms in total. The fourth-order valence-corrected chi connectivity index (χ4v) is 0.416. The Hall–Kier alpha value is -0.540. The van der Waals surface area contributed by atoms with E-state index >= 15 is 0 Å². The van der Waals surface area contributed by atoms with E-state index < -0.39 is 0 Å². The van der Waals surface area contributed by atoms with E-state index in [1.807, 2.05) is 0 Å². The van der Waals surface area contributed by atoms with Crippen LogP contribution >= 0.6 is 11.6 Å². The summed E-state index contributed by atoms with van der Waals surface area (Å²) in [5, 5.41) is 2.43. The predicted molar refractivity (Wildman–Crippen MR) is 39.9 cm³/mol. The number of alkyl halides is 1. The summed E-state index contributed by atoms with van der Waals surface area (Å²) < 4.78 is 4.85. The van der Waals surface area contributed by atoms with Crippen molar-refractivity contribution in [3.63, 3.8) is 0 Å². The van der Waals surface area contributed by atoms with Gasteiger partial charge in [0, 0.05) is 0 Å². The second kappa shape index (κ2) is 6.58. The molecule has 10 heavy (non-hydrogen) atoms. The minimum Gasteiger partial charge on any atom is -0.357 e. The van der Waals surface area contributed by atoms with Gasteiger partial charge in [0.2, 0.25) is 5.91 Å². The Morgan fingerprint density at radius 2 is 2.50 bits per heavy atom. The van der Waals surface area contributed by atoms with Crippen LogP contribution in [0.5, 0.6) is 0 Å². The van der Waals surface area contributed by atoms with Gasteiger partial charge in [0.05, 0.1) is 6.61 Å². The SMILES string of the molecule is C=CCOCNC(=O)CCl. The fraction of sp³-hybridized carbons (Fsp3) is 0.500. The molecule has 58 valence electrons. The number of hydrogen-bond acceptors (Lipinski definition) is 2. The topological polar surface area (TPSA) is 38.3 Å². The van der Waals surface area contributed by atoms with E-state index in [4.69, 9.17) is 16.3 Å². The minimum atomic E-state index is -0.231. The van der Waals surface area contributed by atoms with Crippen LogP contribution < -0.4 is 5.32 Å². The van der Waals surface area contributed by atoms with Crippen LogP contribution in [0.3, 0.4) is 0 Å². The Balaban J connectivity index is 3.03. The highest BCUT2D eigenvalue weighted by Gasteiger charge is 1.93. The van der Waals surface area contributed by atoms with E-state index in [0.717, 1.165) is 0 Å². The van der Waals surface area contributed by atoms with Gasteiger partial charge in [0.1, 0.15) is 12.6 Å². The summed E-state index contributed by atoms with van der Waals surface area (Å²) >= 11 is 5.18. The summed E-state index contributed by atoms with van der Waals surface area (Å²) in [5.74, 6) is -0.261. The first-order valence-corrected chi connectivity index (χ1v) is 3.36. The molecule has 0 heterocycles. The summed E-state index contributed by atoms with van der Waals surface area (Å²) in [6.45, 7) is 4.06. The monoisotopic (exact) mass is 163 g/mol. The maximum absolute atomic E-state index is 10.4. The van der Waals surface area contributed by atoms with Crippen LogP contribution in [0.2, 0.25) is 0 Å². The zero-order chi connectivity index (χ0) is 7.82. The molecule has 0 saturated heterocycles. The zero-order valence-corrected chi connectivity index (χ0v) is 6.36. The molecule has 0 rings (SSSR count). The largest absolute Gasteiger partial charge is 0.357 e. The Labute approximate surface area is 65.0 Å². The third-order valence-corrected chi connectivity index (χ3v) is 0.971. The molecular weight excluding hydrogens is 154 g/mol. The number of ether oxygens (including phenoxy) is 1. The van der Waals surface area contributed by atoms with Crippen LogP contribution in [0.1, 0.15) is 0 Å². The van der Waals surface area contributed by atoms with E-state index in [9.17, 15) is 4.79 Å². The van der Waals surface area contributed by atoms with E-state index in [1.54, 1.807) is 6.08 Å². The molecular formula is C6H10ClNO2. The number of carbonyl (C=O) groups is 1. The number of amides is 1. The van der Waals surface area contributed by atoms with Crippen molar-refractivity contribution in [1.82, 2.24) is 5.32 Å². The van der Waals surface area contributed by atoms with Gasteiger partial charge in [-0.1, -0.05) is 6.08 Å². The predicted octanol–water partition coefficient (Wildman–Crippen LogP) is 0.501. The molecule has 4 heteroatoms. The maximum Gasteiger partial charge on any atom is 0.236 e. The highest BCUT2D eigenvalue weighted by atomic mass is 35.5. The number of rotatable bonds is 5. The molecule has 0 radical (unpaired) electrons. The Morgan fingerprint density at radius 1 is 1.80 bits per heavy atom. The van der Waals surface area contributed by atoms with E-state index in [0.29, 0.717) is 6.61 Å². The minimum absolute atomic E-state index is 0.0303. The van der Waals surface area contributed by atoms with Crippen molar-refractivity contribution < 1.29 is 9.53 Å². The Morgan fingerprint density at radius 3 is 3.00 bits per heavy atom. The van der Waals surface area contributed by atoms with Crippen molar-refractivity contribution in [2.45, 2.75) is 0 Å². The lowest BCUT2D eigenvalue weighted by Crippen LogP contribution is -2.26.